The van der Waals surface area contributed by atoms with Gasteiger partial charge >= 0.3 is 5.97 Å². The van der Waals surface area contributed by atoms with Crippen molar-refractivity contribution in [1.82, 2.24) is 5.32 Å². The molecule has 3 rings (SSSR count). The molecular formula is C22H26N2O4S. The van der Waals surface area contributed by atoms with Gasteiger partial charge in [0.05, 0.1) is 25.8 Å². The number of nitrogens with one attached hydrogen (secondary N) is 2. The molecule has 0 aliphatic carbocycles. The third kappa shape index (κ3) is 4.62. The first kappa shape index (κ1) is 20.9. The van der Waals surface area contributed by atoms with Gasteiger partial charge in [-0.1, -0.05) is 6.07 Å². The maximum atomic E-state index is 11.9. The van der Waals surface area contributed by atoms with E-state index in [0.717, 1.165) is 34.7 Å². The van der Waals surface area contributed by atoms with Crippen LogP contribution in [0.1, 0.15) is 47.8 Å². The van der Waals surface area contributed by atoms with Crippen LogP contribution in [0.15, 0.2) is 36.4 Å². The third-order valence-corrected chi connectivity index (χ3v) is 5.19. The predicted molar refractivity (Wildman–Crippen MR) is 117 cm³/mol. The first-order chi connectivity index (χ1) is 13.7. The summed E-state index contributed by atoms with van der Waals surface area (Å²) in [6.07, 6.45) is 0.732. The molecule has 6 nitrogen and oxygen atoms in total. The van der Waals surface area contributed by atoms with Gasteiger partial charge in [0.2, 0.25) is 0 Å². The molecule has 0 saturated carbocycles. The average Bonchev–Trinajstić information content (AvgIpc) is 2.68. The Bertz CT molecular complexity index is 942. The average molecular weight is 415 g/mol. The van der Waals surface area contributed by atoms with Crippen molar-refractivity contribution in [3.8, 4) is 11.5 Å². The number of carbonyl (C=O) groups is 1. The van der Waals surface area contributed by atoms with Crippen LogP contribution in [-0.4, -0.2) is 30.9 Å². The van der Waals surface area contributed by atoms with Gasteiger partial charge in [0.25, 0.3) is 0 Å². The Kier molecular flexibility index (Phi) is 5.98. The van der Waals surface area contributed by atoms with E-state index < -0.39 is 0 Å². The molecule has 7 heteroatoms. The first-order valence-corrected chi connectivity index (χ1v) is 9.77. The molecule has 1 aliphatic heterocycles. The monoisotopic (exact) mass is 414 g/mol. The van der Waals surface area contributed by atoms with Crippen molar-refractivity contribution in [2.75, 3.05) is 19.5 Å². The lowest BCUT2D eigenvalue weighted by Gasteiger charge is -2.38. The molecule has 1 atom stereocenters. The Morgan fingerprint density at radius 1 is 1.24 bits per heavy atom. The lowest BCUT2D eigenvalue weighted by atomic mass is 9.89. The molecule has 0 aromatic heterocycles. The minimum atomic E-state index is -0.378. The van der Waals surface area contributed by atoms with Crippen LogP contribution < -0.4 is 20.1 Å². The van der Waals surface area contributed by atoms with E-state index in [0.29, 0.717) is 10.7 Å². The Balaban J connectivity index is 1.82. The summed E-state index contributed by atoms with van der Waals surface area (Å²) in [6.45, 7) is 5.96. The molecule has 1 heterocycles. The standard InChI is InChI=1S/C22H26N2O4S/c1-13-15(20(25)27-5)7-6-8-17(13)23-21(29)24-18-12-22(2,3)28-19-10-9-14(26-4)11-16(18)19/h6-11,18H,12H2,1-5H3,(H2,23,24,29)/t18-/m1/s1. The highest BCUT2D eigenvalue weighted by atomic mass is 32.1. The molecule has 0 bridgehead atoms. The molecule has 154 valence electrons. The minimum Gasteiger partial charge on any atom is -0.497 e. The van der Waals surface area contributed by atoms with Crippen LogP contribution in [0.5, 0.6) is 11.5 Å². The minimum absolute atomic E-state index is 0.0482. The van der Waals surface area contributed by atoms with Crippen molar-refractivity contribution in [3.63, 3.8) is 0 Å². The number of ether oxygens (including phenoxy) is 3. The topological polar surface area (TPSA) is 68.8 Å². The molecule has 0 saturated heterocycles. The molecule has 2 aromatic carbocycles. The van der Waals surface area contributed by atoms with Crippen LogP contribution in [0.25, 0.3) is 0 Å². The SMILES string of the molecule is COC(=O)c1cccc(NC(=S)N[C@@H]2CC(C)(C)Oc3ccc(OC)cc32)c1C. The van der Waals surface area contributed by atoms with Gasteiger partial charge in [-0.3, -0.25) is 0 Å². The highest BCUT2D eigenvalue weighted by Crippen LogP contribution is 2.41. The van der Waals surface area contributed by atoms with Crippen LogP contribution in [0, 0.1) is 6.92 Å². The molecule has 2 N–H and O–H groups in total. The van der Waals surface area contributed by atoms with Crippen LogP contribution in [0.4, 0.5) is 5.69 Å². The van der Waals surface area contributed by atoms with E-state index in [2.05, 4.69) is 24.5 Å². The molecule has 0 radical (unpaired) electrons. The zero-order valence-corrected chi connectivity index (χ0v) is 18.1. The number of methoxy groups -OCH3 is 2. The van der Waals surface area contributed by atoms with Crippen LogP contribution in [0.2, 0.25) is 0 Å². The van der Waals surface area contributed by atoms with Crippen molar-refractivity contribution in [2.45, 2.75) is 38.8 Å². The number of hydrogen-bond donors (Lipinski definition) is 2. The number of esters is 1. The first-order valence-electron chi connectivity index (χ1n) is 9.36. The van der Waals surface area contributed by atoms with Gasteiger partial charge in [-0.15, -0.1) is 0 Å². The quantitative estimate of drug-likeness (QED) is 0.568. The summed E-state index contributed by atoms with van der Waals surface area (Å²) < 4.78 is 16.3. The van der Waals surface area contributed by atoms with Crippen LogP contribution in [0.3, 0.4) is 0 Å². The molecule has 0 unspecified atom stereocenters. The van der Waals surface area contributed by atoms with E-state index in [1.807, 2.05) is 31.2 Å². The summed E-state index contributed by atoms with van der Waals surface area (Å²) >= 11 is 5.57. The Morgan fingerprint density at radius 2 is 2.00 bits per heavy atom. The zero-order chi connectivity index (χ0) is 21.2. The van der Waals surface area contributed by atoms with Gasteiger partial charge in [-0.25, -0.2) is 4.79 Å². The van der Waals surface area contributed by atoms with E-state index in [1.54, 1.807) is 19.2 Å². The summed E-state index contributed by atoms with van der Waals surface area (Å²) in [6, 6.07) is 11.1. The molecule has 1 aliphatic rings. The summed E-state index contributed by atoms with van der Waals surface area (Å²) in [4.78, 5) is 11.9. The second-order valence-corrected chi connectivity index (χ2v) is 8.00. The second-order valence-electron chi connectivity index (χ2n) is 7.59. The highest BCUT2D eigenvalue weighted by Gasteiger charge is 2.34. The number of benzene rings is 2. The van der Waals surface area contributed by atoms with Crippen molar-refractivity contribution in [2.24, 2.45) is 0 Å². The lowest BCUT2D eigenvalue weighted by Crippen LogP contribution is -2.42. The van der Waals surface area contributed by atoms with E-state index >= 15 is 0 Å². The highest BCUT2D eigenvalue weighted by molar-refractivity contribution is 7.80. The number of fused-ring (bicyclic) bond motifs is 1. The number of rotatable bonds is 4. The van der Waals surface area contributed by atoms with E-state index in [4.69, 9.17) is 26.4 Å². The van der Waals surface area contributed by atoms with Gasteiger partial charge < -0.3 is 24.8 Å². The van der Waals surface area contributed by atoms with Crippen LogP contribution in [-0.2, 0) is 4.74 Å². The Hall–Kier alpha value is -2.80. The summed E-state index contributed by atoms with van der Waals surface area (Å²) in [5, 5.41) is 7.06. The normalized spacial score (nSPS) is 16.8. The van der Waals surface area contributed by atoms with Crippen molar-refractivity contribution >= 4 is 29.0 Å². The molecular weight excluding hydrogens is 388 g/mol. The predicted octanol–water partition coefficient (Wildman–Crippen LogP) is 4.38. The van der Waals surface area contributed by atoms with Crippen molar-refractivity contribution in [3.05, 3.63) is 53.1 Å². The Morgan fingerprint density at radius 3 is 2.69 bits per heavy atom. The molecule has 0 amide bonds. The number of hydrogen-bond acceptors (Lipinski definition) is 5. The third-order valence-electron chi connectivity index (χ3n) is 4.97. The summed E-state index contributed by atoms with van der Waals surface area (Å²) in [5.74, 6) is 1.20. The fourth-order valence-corrected chi connectivity index (χ4v) is 3.76. The zero-order valence-electron chi connectivity index (χ0n) is 17.3. The van der Waals surface area contributed by atoms with Gasteiger partial charge in [0, 0.05) is 17.7 Å². The fourth-order valence-electron chi connectivity index (χ4n) is 3.51. The second kappa shape index (κ2) is 8.29. The maximum Gasteiger partial charge on any atom is 0.338 e. The fraction of sp³-hybridized carbons (Fsp3) is 0.364. The van der Waals surface area contributed by atoms with E-state index in [9.17, 15) is 4.79 Å². The lowest BCUT2D eigenvalue weighted by molar-refractivity contribution is 0.0599. The van der Waals surface area contributed by atoms with Crippen molar-refractivity contribution in [1.29, 1.82) is 0 Å². The number of thiocarbonyl (C=S) groups is 1. The van der Waals surface area contributed by atoms with Gasteiger partial charge in [-0.2, -0.15) is 0 Å². The summed E-state index contributed by atoms with van der Waals surface area (Å²) in [7, 11) is 3.01. The smallest absolute Gasteiger partial charge is 0.338 e. The van der Waals surface area contributed by atoms with E-state index in [-0.39, 0.29) is 17.6 Å². The van der Waals surface area contributed by atoms with Gasteiger partial charge in [0.1, 0.15) is 17.1 Å². The van der Waals surface area contributed by atoms with Crippen LogP contribution >= 0.6 is 12.2 Å². The number of carbonyl (C=O) groups excluding carboxylic acids is 1. The van der Waals surface area contributed by atoms with Crippen molar-refractivity contribution < 1.29 is 19.0 Å². The van der Waals surface area contributed by atoms with E-state index in [1.165, 1.54) is 7.11 Å². The molecule has 29 heavy (non-hydrogen) atoms. The van der Waals surface area contributed by atoms with Gasteiger partial charge in [0.15, 0.2) is 5.11 Å². The molecule has 0 spiro atoms. The molecule has 2 aromatic rings. The Labute approximate surface area is 176 Å². The largest absolute Gasteiger partial charge is 0.497 e. The summed E-state index contributed by atoms with van der Waals surface area (Å²) in [5.41, 5.74) is 2.69. The maximum absolute atomic E-state index is 11.9. The van der Waals surface area contributed by atoms with Gasteiger partial charge in [-0.05, 0) is 68.9 Å². The molecule has 0 fully saturated rings. The number of anilines is 1.